The second kappa shape index (κ2) is 6.03. The minimum Gasteiger partial charge on any atom is -0.493 e. The van der Waals surface area contributed by atoms with Crippen LogP contribution in [0.15, 0.2) is 30.7 Å². The molecule has 0 aliphatic carbocycles. The van der Waals surface area contributed by atoms with E-state index >= 15 is 0 Å². The van der Waals surface area contributed by atoms with Crippen molar-refractivity contribution < 1.29 is 18.3 Å². The van der Waals surface area contributed by atoms with E-state index in [1.165, 1.54) is 13.2 Å². The van der Waals surface area contributed by atoms with Gasteiger partial charge in [-0.3, -0.25) is 0 Å². The zero-order valence-electron chi connectivity index (χ0n) is 10.2. The number of hydrogen-bond acceptors (Lipinski definition) is 4. The Morgan fingerprint density at radius 1 is 1.37 bits per heavy atom. The lowest BCUT2D eigenvalue weighted by Crippen LogP contribution is -2.05. The quantitative estimate of drug-likeness (QED) is 0.846. The highest BCUT2D eigenvalue weighted by Gasteiger charge is 2.11. The van der Waals surface area contributed by atoms with Crippen LogP contribution in [0, 0.1) is 0 Å². The number of methoxy groups -OCH3 is 1. The van der Waals surface area contributed by atoms with Gasteiger partial charge in [0.05, 0.1) is 25.7 Å². The molecule has 0 bridgehead atoms. The molecule has 0 saturated heterocycles. The fourth-order valence-electron chi connectivity index (χ4n) is 1.55. The molecule has 0 radical (unpaired) electrons. The molecular weight excluding hydrogens is 256 g/mol. The van der Waals surface area contributed by atoms with Crippen molar-refractivity contribution in [3.63, 3.8) is 0 Å². The van der Waals surface area contributed by atoms with Crippen molar-refractivity contribution in [3.05, 3.63) is 36.4 Å². The Morgan fingerprint density at radius 3 is 2.84 bits per heavy atom. The number of hydrogen-bond donors (Lipinski definition) is 2. The number of alkyl halides is 2. The molecule has 102 valence electrons. The van der Waals surface area contributed by atoms with Gasteiger partial charge in [0.2, 0.25) is 0 Å². The zero-order chi connectivity index (χ0) is 13.7. The van der Waals surface area contributed by atoms with Gasteiger partial charge in [-0.2, -0.15) is 8.78 Å². The van der Waals surface area contributed by atoms with E-state index < -0.39 is 6.61 Å². The summed E-state index contributed by atoms with van der Waals surface area (Å²) in [7, 11) is 1.39. The van der Waals surface area contributed by atoms with Crippen LogP contribution in [-0.2, 0) is 6.54 Å². The molecule has 1 aromatic carbocycles. The van der Waals surface area contributed by atoms with Crippen LogP contribution in [0.5, 0.6) is 11.5 Å². The first-order chi connectivity index (χ1) is 9.19. The van der Waals surface area contributed by atoms with E-state index in [-0.39, 0.29) is 11.5 Å². The second-order valence-electron chi connectivity index (χ2n) is 3.67. The van der Waals surface area contributed by atoms with Crippen molar-refractivity contribution in [1.29, 1.82) is 0 Å². The van der Waals surface area contributed by atoms with Gasteiger partial charge in [-0.25, -0.2) is 4.98 Å². The molecule has 0 fully saturated rings. The highest BCUT2D eigenvalue weighted by atomic mass is 19.3. The summed E-state index contributed by atoms with van der Waals surface area (Å²) in [5.74, 6) is 0.250. The second-order valence-corrected chi connectivity index (χ2v) is 3.67. The number of imidazole rings is 1. The van der Waals surface area contributed by atoms with Crippen LogP contribution in [0.4, 0.5) is 14.5 Å². The predicted octanol–water partition coefficient (Wildman–Crippen LogP) is 2.63. The maximum Gasteiger partial charge on any atom is 0.387 e. The Labute approximate surface area is 108 Å². The standard InChI is InChI=1S/C12H13F2N3O2/c1-18-10-3-2-8(4-11(10)19-12(13)14)16-6-9-5-15-7-17-9/h2-5,7,12,16H,6H2,1H3,(H,15,17). The zero-order valence-corrected chi connectivity index (χ0v) is 10.2. The monoisotopic (exact) mass is 269 g/mol. The Balaban J connectivity index is 2.08. The third kappa shape index (κ3) is 3.57. The summed E-state index contributed by atoms with van der Waals surface area (Å²) >= 11 is 0. The number of nitrogens with one attached hydrogen (secondary N) is 2. The minimum atomic E-state index is -2.89. The first-order valence-corrected chi connectivity index (χ1v) is 5.53. The Bertz CT molecular complexity index is 518. The van der Waals surface area contributed by atoms with Crippen molar-refractivity contribution in [3.8, 4) is 11.5 Å². The number of rotatable bonds is 6. The normalized spacial score (nSPS) is 10.5. The fourth-order valence-corrected chi connectivity index (χ4v) is 1.55. The van der Waals surface area contributed by atoms with Crippen LogP contribution in [0.2, 0.25) is 0 Å². The van der Waals surface area contributed by atoms with E-state index in [1.54, 1.807) is 24.7 Å². The molecule has 1 aromatic heterocycles. The number of ether oxygens (including phenoxy) is 2. The molecule has 0 spiro atoms. The number of nitrogens with zero attached hydrogens (tertiary/aromatic N) is 1. The third-order valence-electron chi connectivity index (χ3n) is 2.42. The third-order valence-corrected chi connectivity index (χ3v) is 2.42. The average Bonchev–Trinajstić information content (AvgIpc) is 2.89. The number of benzene rings is 1. The summed E-state index contributed by atoms with van der Waals surface area (Å²) in [5.41, 5.74) is 1.53. The van der Waals surface area contributed by atoms with Gasteiger partial charge in [0.15, 0.2) is 11.5 Å². The fraction of sp³-hybridized carbons (Fsp3) is 0.250. The van der Waals surface area contributed by atoms with E-state index in [9.17, 15) is 8.78 Å². The number of H-pyrrole nitrogens is 1. The number of halogens is 2. The van der Waals surface area contributed by atoms with Gasteiger partial charge in [-0.05, 0) is 12.1 Å². The number of aromatic nitrogens is 2. The molecule has 0 amide bonds. The lowest BCUT2D eigenvalue weighted by Gasteiger charge is -2.12. The lowest BCUT2D eigenvalue weighted by molar-refractivity contribution is -0.0511. The smallest absolute Gasteiger partial charge is 0.387 e. The van der Waals surface area contributed by atoms with Crippen molar-refractivity contribution in [2.45, 2.75) is 13.2 Å². The molecule has 2 aromatic rings. The van der Waals surface area contributed by atoms with Crippen molar-refractivity contribution >= 4 is 5.69 Å². The molecule has 2 rings (SSSR count). The van der Waals surface area contributed by atoms with Gasteiger partial charge in [0, 0.05) is 18.0 Å². The van der Waals surface area contributed by atoms with Gasteiger partial charge >= 0.3 is 6.61 Å². The summed E-state index contributed by atoms with van der Waals surface area (Å²) in [6.45, 7) is -2.39. The molecule has 0 saturated carbocycles. The van der Waals surface area contributed by atoms with Crippen LogP contribution in [0.3, 0.4) is 0 Å². The largest absolute Gasteiger partial charge is 0.493 e. The van der Waals surface area contributed by atoms with Crippen LogP contribution >= 0.6 is 0 Å². The molecular formula is C12H13F2N3O2. The molecule has 0 atom stereocenters. The Kier molecular flexibility index (Phi) is 4.17. The summed E-state index contributed by atoms with van der Waals surface area (Å²) in [6.07, 6.45) is 3.24. The molecule has 0 unspecified atom stereocenters. The Hall–Kier alpha value is -2.31. The molecule has 19 heavy (non-hydrogen) atoms. The van der Waals surface area contributed by atoms with Crippen LogP contribution in [0.25, 0.3) is 0 Å². The van der Waals surface area contributed by atoms with Crippen LogP contribution in [0.1, 0.15) is 5.69 Å². The molecule has 5 nitrogen and oxygen atoms in total. The topological polar surface area (TPSA) is 59.2 Å². The number of anilines is 1. The first-order valence-electron chi connectivity index (χ1n) is 5.53. The average molecular weight is 269 g/mol. The van der Waals surface area contributed by atoms with Crippen LogP contribution in [-0.4, -0.2) is 23.7 Å². The lowest BCUT2D eigenvalue weighted by atomic mass is 10.2. The van der Waals surface area contributed by atoms with E-state index in [0.29, 0.717) is 12.2 Å². The highest BCUT2D eigenvalue weighted by molar-refractivity contribution is 5.54. The van der Waals surface area contributed by atoms with E-state index in [2.05, 4.69) is 20.0 Å². The number of aromatic amines is 1. The van der Waals surface area contributed by atoms with E-state index in [1.807, 2.05) is 0 Å². The maximum absolute atomic E-state index is 12.3. The van der Waals surface area contributed by atoms with Gasteiger partial charge < -0.3 is 19.8 Å². The predicted molar refractivity (Wildman–Crippen MR) is 65.5 cm³/mol. The van der Waals surface area contributed by atoms with Crippen molar-refractivity contribution in [1.82, 2.24) is 9.97 Å². The first kappa shape index (κ1) is 13.1. The van der Waals surface area contributed by atoms with Crippen molar-refractivity contribution in [2.75, 3.05) is 12.4 Å². The van der Waals surface area contributed by atoms with Crippen LogP contribution < -0.4 is 14.8 Å². The summed E-state index contributed by atoms with van der Waals surface area (Å²) in [4.78, 5) is 6.81. The van der Waals surface area contributed by atoms with Gasteiger partial charge in [0.25, 0.3) is 0 Å². The van der Waals surface area contributed by atoms with Crippen molar-refractivity contribution in [2.24, 2.45) is 0 Å². The Morgan fingerprint density at radius 2 is 2.21 bits per heavy atom. The molecule has 1 heterocycles. The van der Waals surface area contributed by atoms with Gasteiger partial charge in [-0.1, -0.05) is 0 Å². The molecule has 0 aliphatic rings. The molecule has 2 N–H and O–H groups in total. The maximum atomic E-state index is 12.3. The van der Waals surface area contributed by atoms with Gasteiger partial charge in [-0.15, -0.1) is 0 Å². The highest BCUT2D eigenvalue weighted by Crippen LogP contribution is 2.31. The van der Waals surface area contributed by atoms with E-state index in [0.717, 1.165) is 5.69 Å². The van der Waals surface area contributed by atoms with E-state index in [4.69, 9.17) is 4.74 Å². The summed E-state index contributed by atoms with van der Waals surface area (Å²) in [5, 5.41) is 3.06. The summed E-state index contributed by atoms with van der Waals surface area (Å²) in [6, 6.07) is 4.74. The molecule has 0 aliphatic heterocycles. The minimum absolute atomic E-state index is 0.00730. The SMILES string of the molecule is COc1ccc(NCc2cnc[nH]2)cc1OC(F)F. The van der Waals surface area contributed by atoms with Gasteiger partial charge in [0.1, 0.15) is 0 Å². The molecule has 7 heteroatoms. The summed E-state index contributed by atoms with van der Waals surface area (Å²) < 4.78 is 33.9.